The topological polar surface area (TPSA) is 20.3 Å². The van der Waals surface area contributed by atoms with E-state index in [9.17, 15) is 4.79 Å². The molecule has 0 N–H and O–H groups in total. The van der Waals surface area contributed by atoms with Crippen molar-refractivity contribution in [1.29, 1.82) is 0 Å². The van der Waals surface area contributed by atoms with Gasteiger partial charge in [0.25, 0.3) is 0 Å². The van der Waals surface area contributed by atoms with Crippen LogP contribution in [-0.4, -0.2) is 11.9 Å². The molecule has 2 heteroatoms. The molecule has 0 saturated heterocycles. The molecule has 2 aromatic rings. The molecule has 1 aliphatic heterocycles. The molecule has 0 bridgehead atoms. The summed E-state index contributed by atoms with van der Waals surface area (Å²) in [7, 11) is 0. The summed E-state index contributed by atoms with van der Waals surface area (Å²) in [6.45, 7) is 8.31. The zero-order valence-corrected chi connectivity index (χ0v) is 16.5. The molecule has 0 unspecified atom stereocenters. The highest BCUT2D eigenvalue weighted by atomic mass is 16.2. The van der Waals surface area contributed by atoms with Crippen molar-refractivity contribution in [2.45, 2.75) is 65.3 Å². The van der Waals surface area contributed by atoms with Gasteiger partial charge in [0.2, 0.25) is 5.91 Å². The molecule has 0 radical (unpaired) electrons. The number of fused-ring (bicyclic) bond motifs is 1. The Balaban J connectivity index is 2.08. The van der Waals surface area contributed by atoms with E-state index in [1.54, 1.807) is 0 Å². The van der Waals surface area contributed by atoms with Crippen LogP contribution in [0.5, 0.6) is 0 Å². The molecule has 2 aromatic carbocycles. The van der Waals surface area contributed by atoms with Crippen molar-refractivity contribution in [3.63, 3.8) is 0 Å². The van der Waals surface area contributed by atoms with Crippen LogP contribution in [0.15, 0.2) is 54.6 Å². The highest BCUT2D eigenvalue weighted by Gasteiger charge is 2.44. The first kappa shape index (κ1) is 18.7. The van der Waals surface area contributed by atoms with Gasteiger partial charge in [0, 0.05) is 23.1 Å². The van der Waals surface area contributed by atoms with Crippen molar-refractivity contribution < 1.29 is 4.79 Å². The first-order valence-electron chi connectivity index (χ1n) is 9.92. The average Bonchev–Trinajstić information content (AvgIpc) is 2.95. The summed E-state index contributed by atoms with van der Waals surface area (Å²) in [4.78, 5) is 15.5. The number of hydrogen-bond acceptors (Lipinski definition) is 1. The quantitative estimate of drug-likeness (QED) is 0.592. The molecule has 2 nitrogen and oxygen atoms in total. The third-order valence-corrected chi connectivity index (χ3v) is 5.37. The summed E-state index contributed by atoms with van der Waals surface area (Å²) in [5, 5.41) is 0. The Kier molecular flexibility index (Phi) is 5.50. The van der Waals surface area contributed by atoms with Crippen LogP contribution in [0, 0.1) is 5.41 Å². The molecule has 0 aliphatic carbocycles. The summed E-state index contributed by atoms with van der Waals surface area (Å²) in [5.41, 5.74) is 3.31. The van der Waals surface area contributed by atoms with Crippen LogP contribution in [0.2, 0.25) is 0 Å². The van der Waals surface area contributed by atoms with Crippen LogP contribution >= 0.6 is 0 Å². The third kappa shape index (κ3) is 3.56. The SMILES string of the molecule is CCCCC[C@H]1[C@H](c2ccccc2)c2ccccc2N1C(=O)C(C)(C)C. The molecular weight excluding hydrogens is 318 g/mol. The van der Waals surface area contributed by atoms with Crippen molar-refractivity contribution >= 4 is 11.6 Å². The van der Waals surface area contributed by atoms with E-state index in [0.29, 0.717) is 0 Å². The van der Waals surface area contributed by atoms with Gasteiger partial charge in [-0.3, -0.25) is 4.79 Å². The summed E-state index contributed by atoms with van der Waals surface area (Å²) >= 11 is 0. The smallest absolute Gasteiger partial charge is 0.232 e. The van der Waals surface area contributed by atoms with Crippen LogP contribution in [0.4, 0.5) is 5.69 Å². The van der Waals surface area contributed by atoms with E-state index < -0.39 is 0 Å². The van der Waals surface area contributed by atoms with Gasteiger partial charge in [0.05, 0.1) is 0 Å². The average molecular weight is 350 g/mol. The van der Waals surface area contributed by atoms with Crippen LogP contribution in [0.1, 0.15) is 70.4 Å². The van der Waals surface area contributed by atoms with E-state index in [4.69, 9.17) is 0 Å². The second-order valence-electron chi connectivity index (χ2n) is 8.44. The molecule has 138 valence electrons. The van der Waals surface area contributed by atoms with Crippen LogP contribution in [-0.2, 0) is 4.79 Å². The number of benzene rings is 2. The van der Waals surface area contributed by atoms with E-state index in [2.05, 4.69) is 66.4 Å². The second-order valence-corrected chi connectivity index (χ2v) is 8.44. The van der Waals surface area contributed by atoms with Gasteiger partial charge < -0.3 is 4.90 Å². The number of carbonyl (C=O) groups is 1. The minimum absolute atomic E-state index is 0.202. The van der Waals surface area contributed by atoms with Gasteiger partial charge in [-0.05, 0) is 23.6 Å². The Morgan fingerprint density at radius 1 is 0.962 bits per heavy atom. The highest BCUT2D eigenvalue weighted by molar-refractivity contribution is 6.00. The Morgan fingerprint density at radius 3 is 2.27 bits per heavy atom. The van der Waals surface area contributed by atoms with Gasteiger partial charge in [-0.25, -0.2) is 0 Å². The minimum atomic E-state index is -0.387. The lowest BCUT2D eigenvalue weighted by Crippen LogP contribution is -2.45. The molecule has 1 aliphatic rings. The number of carbonyl (C=O) groups excluding carboxylic acids is 1. The standard InChI is InChI=1S/C24H31NO/c1-5-6-8-17-21-22(18-13-9-7-10-14-18)19-15-11-12-16-20(19)25(21)23(26)24(2,3)4/h7,9-16,21-22H,5-6,8,17H2,1-4H3/t21-,22+/m0/s1. The van der Waals surface area contributed by atoms with Gasteiger partial charge in [-0.1, -0.05) is 95.5 Å². The van der Waals surface area contributed by atoms with E-state index in [1.165, 1.54) is 24.0 Å². The van der Waals surface area contributed by atoms with Gasteiger partial charge in [-0.2, -0.15) is 0 Å². The minimum Gasteiger partial charge on any atom is -0.308 e. The van der Waals surface area contributed by atoms with Crippen molar-refractivity contribution in [3.05, 3.63) is 65.7 Å². The lowest BCUT2D eigenvalue weighted by atomic mass is 9.85. The van der Waals surface area contributed by atoms with E-state index in [0.717, 1.165) is 18.5 Å². The van der Waals surface area contributed by atoms with E-state index in [-0.39, 0.29) is 23.3 Å². The Hall–Kier alpha value is -2.09. The lowest BCUT2D eigenvalue weighted by Gasteiger charge is -2.34. The van der Waals surface area contributed by atoms with Gasteiger partial charge >= 0.3 is 0 Å². The van der Waals surface area contributed by atoms with Crippen LogP contribution < -0.4 is 4.90 Å². The number of nitrogens with zero attached hydrogens (tertiary/aromatic N) is 1. The fraction of sp³-hybridized carbons (Fsp3) is 0.458. The maximum Gasteiger partial charge on any atom is 0.232 e. The number of rotatable bonds is 5. The molecule has 0 saturated carbocycles. The number of para-hydroxylation sites is 1. The van der Waals surface area contributed by atoms with Gasteiger partial charge in [0.15, 0.2) is 0 Å². The zero-order chi connectivity index (χ0) is 18.7. The van der Waals surface area contributed by atoms with Gasteiger partial charge in [-0.15, -0.1) is 0 Å². The van der Waals surface area contributed by atoms with Crippen molar-refractivity contribution in [1.82, 2.24) is 0 Å². The molecule has 26 heavy (non-hydrogen) atoms. The summed E-state index contributed by atoms with van der Waals surface area (Å²) in [6, 6.07) is 19.4. The lowest BCUT2D eigenvalue weighted by molar-refractivity contribution is -0.126. The number of hydrogen-bond donors (Lipinski definition) is 0. The predicted octanol–water partition coefficient (Wildman–Crippen LogP) is 6.16. The van der Waals surface area contributed by atoms with Crippen molar-refractivity contribution in [2.24, 2.45) is 5.41 Å². The maximum atomic E-state index is 13.4. The number of unbranched alkanes of at least 4 members (excludes halogenated alkanes) is 2. The summed E-state index contributed by atoms with van der Waals surface area (Å²) < 4.78 is 0. The number of amides is 1. The Morgan fingerprint density at radius 2 is 1.62 bits per heavy atom. The fourth-order valence-corrected chi connectivity index (χ4v) is 4.09. The second kappa shape index (κ2) is 7.65. The first-order valence-corrected chi connectivity index (χ1v) is 9.92. The Bertz CT molecular complexity index is 744. The first-order chi connectivity index (χ1) is 12.4. The maximum absolute atomic E-state index is 13.4. The molecule has 0 spiro atoms. The normalized spacial score (nSPS) is 19.5. The summed E-state index contributed by atoms with van der Waals surface area (Å²) in [5.74, 6) is 0.487. The van der Waals surface area contributed by atoms with Crippen LogP contribution in [0.3, 0.4) is 0 Å². The highest BCUT2D eigenvalue weighted by Crippen LogP contribution is 2.47. The van der Waals surface area contributed by atoms with E-state index in [1.807, 2.05) is 20.8 Å². The van der Waals surface area contributed by atoms with Crippen LogP contribution in [0.25, 0.3) is 0 Å². The molecule has 1 heterocycles. The largest absolute Gasteiger partial charge is 0.308 e. The third-order valence-electron chi connectivity index (χ3n) is 5.37. The molecule has 3 rings (SSSR count). The van der Waals surface area contributed by atoms with Crippen molar-refractivity contribution in [3.8, 4) is 0 Å². The molecule has 2 atom stereocenters. The fourth-order valence-electron chi connectivity index (χ4n) is 4.09. The molecule has 0 fully saturated rings. The monoisotopic (exact) mass is 349 g/mol. The molecule has 1 amide bonds. The van der Waals surface area contributed by atoms with Gasteiger partial charge in [0.1, 0.15) is 0 Å². The van der Waals surface area contributed by atoms with Crippen molar-refractivity contribution in [2.75, 3.05) is 4.90 Å². The molecule has 0 aromatic heterocycles. The molecular formula is C24H31NO. The summed E-state index contributed by atoms with van der Waals surface area (Å²) in [6.07, 6.45) is 4.62. The van der Waals surface area contributed by atoms with E-state index >= 15 is 0 Å². The Labute approximate surface area is 158 Å². The zero-order valence-electron chi connectivity index (χ0n) is 16.5. The predicted molar refractivity (Wildman–Crippen MR) is 110 cm³/mol. The number of anilines is 1.